The Morgan fingerprint density at radius 1 is 1.15 bits per heavy atom. The molecule has 1 aromatic carbocycles. The predicted octanol–water partition coefficient (Wildman–Crippen LogP) is 4.51. The number of thioether (sulfide) groups is 1. The minimum atomic E-state index is -0.149. The Labute approximate surface area is 202 Å². The Bertz CT molecular complexity index is 1320. The Balaban J connectivity index is 1.23. The lowest BCUT2D eigenvalue weighted by Crippen LogP contribution is -2.57. The zero-order valence-corrected chi connectivity index (χ0v) is 20.4. The molecule has 9 heteroatoms. The molecule has 0 amide bonds. The van der Waals surface area contributed by atoms with E-state index in [1.54, 1.807) is 6.20 Å². The zero-order valence-electron chi connectivity index (χ0n) is 19.6. The second-order valence-electron chi connectivity index (χ2n) is 9.50. The van der Waals surface area contributed by atoms with E-state index in [2.05, 4.69) is 47.0 Å². The monoisotopic (exact) mass is 473 g/mol. The van der Waals surface area contributed by atoms with Gasteiger partial charge < -0.3 is 9.64 Å². The molecule has 4 aromatic rings. The fourth-order valence-electron chi connectivity index (χ4n) is 5.19. The first-order valence-corrected chi connectivity index (χ1v) is 12.8. The van der Waals surface area contributed by atoms with Crippen molar-refractivity contribution >= 4 is 28.6 Å². The van der Waals surface area contributed by atoms with E-state index in [0.717, 1.165) is 63.8 Å². The van der Waals surface area contributed by atoms with Gasteiger partial charge in [0.05, 0.1) is 17.4 Å². The van der Waals surface area contributed by atoms with Crippen LogP contribution in [0, 0.1) is 19.3 Å². The Hall–Kier alpha value is -3.20. The fourth-order valence-corrected chi connectivity index (χ4v) is 6.67. The van der Waals surface area contributed by atoms with Gasteiger partial charge in [-0.3, -0.25) is 5.10 Å². The Morgan fingerprint density at radius 2 is 1.97 bits per heavy atom. The topological polar surface area (TPSA) is 92.7 Å². The predicted molar refractivity (Wildman–Crippen MR) is 134 cm³/mol. The van der Waals surface area contributed by atoms with Crippen LogP contribution in [-0.2, 0) is 0 Å². The number of fused-ring (bicyclic) bond motifs is 1. The fraction of sp³-hybridized carbons (Fsp3) is 0.400. The molecule has 1 spiro atoms. The van der Waals surface area contributed by atoms with Crippen molar-refractivity contribution in [3.63, 3.8) is 0 Å². The molecule has 5 heterocycles. The van der Waals surface area contributed by atoms with Crippen molar-refractivity contribution in [2.24, 2.45) is 5.41 Å². The molecule has 0 unspecified atom stereocenters. The summed E-state index contributed by atoms with van der Waals surface area (Å²) in [6, 6.07) is 5.97. The second kappa shape index (κ2) is 8.23. The largest absolute Gasteiger partial charge is 0.486 e. The Kier molecular flexibility index (Phi) is 5.17. The first kappa shape index (κ1) is 21.3. The zero-order chi connectivity index (χ0) is 23.3. The molecular weight excluding hydrogens is 446 g/mol. The van der Waals surface area contributed by atoms with Crippen molar-refractivity contribution in [2.45, 2.75) is 33.3 Å². The number of ether oxygens (including phenoxy) is 1. The maximum Gasteiger partial charge on any atom is 0.225 e. The molecule has 1 N–H and O–H groups in total. The van der Waals surface area contributed by atoms with Crippen molar-refractivity contribution in [3.05, 3.63) is 53.6 Å². The quantitative estimate of drug-likeness (QED) is 0.453. The summed E-state index contributed by atoms with van der Waals surface area (Å²) in [6.45, 7) is 8.16. The van der Waals surface area contributed by atoms with Crippen LogP contribution in [0.2, 0.25) is 0 Å². The molecular formula is C25H27N7OS. The van der Waals surface area contributed by atoms with Crippen LogP contribution in [0.5, 0.6) is 5.75 Å². The van der Waals surface area contributed by atoms with Crippen LogP contribution in [0.3, 0.4) is 0 Å². The highest BCUT2D eigenvalue weighted by molar-refractivity contribution is 7.99. The van der Waals surface area contributed by atoms with E-state index in [0.29, 0.717) is 5.41 Å². The van der Waals surface area contributed by atoms with Crippen LogP contribution in [0.4, 0.5) is 5.95 Å². The van der Waals surface area contributed by atoms with Gasteiger partial charge in [-0.15, -0.1) is 0 Å². The van der Waals surface area contributed by atoms with Crippen molar-refractivity contribution < 1.29 is 4.74 Å². The van der Waals surface area contributed by atoms with E-state index in [1.807, 2.05) is 51.4 Å². The van der Waals surface area contributed by atoms with Crippen molar-refractivity contribution in [1.29, 1.82) is 0 Å². The molecule has 2 saturated heterocycles. The van der Waals surface area contributed by atoms with Crippen LogP contribution < -0.4 is 9.64 Å². The van der Waals surface area contributed by atoms with Gasteiger partial charge in [0.25, 0.3) is 0 Å². The first-order chi connectivity index (χ1) is 16.5. The summed E-state index contributed by atoms with van der Waals surface area (Å²) in [7, 11) is 0. The minimum Gasteiger partial charge on any atom is -0.486 e. The molecule has 8 nitrogen and oxygen atoms in total. The number of anilines is 1. The lowest BCUT2D eigenvalue weighted by atomic mass is 9.80. The molecule has 2 aliphatic rings. The number of nitrogens with one attached hydrogen (secondary N) is 1. The molecule has 2 aliphatic heterocycles. The third kappa shape index (κ3) is 3.68. The number of aryl methyl sites for hydroxylation is 2. The highest BCUT2D eigenvalue weighted by Crippen LogP contribution is 2.44. The number of benzene rings is 1. The summed E-state index contributed by atoms with van der Waals surface area (Å²) in [4.78, 5) is 11.6. The van der Waals surface area contributed by atoms with E-state index in [-0.39, 0.29) is 6.10 Å². The Morgan fingerprint density at radius 3 is 2.71 bits per heavy atom. The summed E-state index contributed by atoms with van der Waals surface area (Å²) in [6.07, 6.45) is 6.68. The van der Waals surface area contributed by atoms with Crippen LogP contribution in [0.1, 0.15) is 36.3 Å². The number of rotatable bonds is 5. The van der Waals surface area contributed by atoms with Crippen LogP contribution in [0.15, 0.2) is 36.8 Å². The summed E-state index contributed by atoms with van der Waals surface area (Å²) in [5.41, 5.74) is 6.16. The molecule has 0 aliphatic carbocycles. The van der Waals surface area contributed by atoms with E-state index in [4.69, 9.17) is 4.74 Å². The molecule has 2 fully saturated rings. The molecule has 0 saturated carbocycles. The standard InChI is InChI=1S/C25H27N7OS/c1-15-9-28-29-16(2)22(15)17(3)33-19-4-5-21-20(8-19)23(31-30-21)18-10-26-24(27-11-18)32-12-25(13-32)6-7-34-14-25/h4-5,8-11,17H,6-7,12-14H2,1-3H3,(H,30,31)/t17-/m0/s1. The minimum absolute atomic E-state index is 0.149. The first-order valence-electron chi connectivity index (χ1n) is 11.6. The second-order valence-corrected chi connectivity index (χ2v) is 10.6. The van der Waals surface area contributed by atoms with Crippen molar-refractivity contribution in [2.75, 3.05) is 29.5 Å². The lowest BCUT2D eigenvalue weighted by Gasteiger charge is -2.47. The normalized spacial score (nSPS) is 17.8. The summed E-state index contributed by atoms with van der Waals surface area (Å²) in [5, 5.41) is 16.8. The third-order valence-corrected chi connectivity index (χ3v) is 8.27. The molecule has 0 radical (unpaired) electrons. The average molecular weight is 474 g/mol. The molecule has 34 heavy (non-hydrogen) atoms. The van der Waals surface area contributed by atoms with Gasteiger partial charge in [0.15, 0.2) is 0 Å². The van der Waals surface area contributed by atoms with Gasteiger partial charge in [-0.1, -0.05) is 0 Å². The molecule has 3 aromatic heterocycles. The number of hydrogen-bond acceptors (Lipinski definition) is 8. The third-order valence-electron chi connectivity index (χ3n) is 6.96. The van der Waals surface area contributed by atoms with Crippen LogP contribution in [0.25, 0.3) is 22.2 Å². The molecule has 0 bridgehead atoms. The van der Waals surface area contributed by atoms with E-state index >= 15 is 0 Å². The van der Waals surface area contributed by atoms with Gasteiger partial charge in [0.1, 0.15) is 17.5 Å². The maximum absolute atomic E-state index is 6.30. The molecule has 174 valence electrons. The van der Waals surface area contributed by atoms with Crippen LogP contribution >= 0.6 is 11.8 Å². The van der Waals surface area contributed by atoms with Gasteiger partial charge in [-0.2, -0.15) is 27.1 Å². The average Bonchev–Trinajstić information content (AvgIpc) is 3.46. The number of aromatic nitrogens is 6. The smallest absolute Gasteiger partial charge is 0.225 e. The number of H-pyrrole nitrogens is 1. The molecule has 1 atom stereocenters. The van der Waals surface area contributed by atoms with Gasteiger partial charge in [0.2, 0.25) is 5.95 Å². The van der Waals surface area contributed by atoms with Gasteiger partial charge in [0, 0.05) is 53.2 Å². The number of aromatic amines is 1. The number of hydrogen-bond donors (Lipinski definition) is 1. The van der Waals surface area contributed by atoms with Crippen molar-refractivity contribution in [1.82, 2.24) is 30.4 Å². The summed E-state index contributed by atoms with van der Waals surface area (Å²) in [5.74, 6) is 4.13. The highest BCUT2D eigenvalue weighted by atomic mass is 32.2. The van der Waals surface area contributed by atoms with E-state index in [9.17, 15) is 0 Å². The number of nitrogens with zero attached hydrogens (tertiary/aromatic N) is 6. The SMILES string of the molecule is Cc1cnnc(C)c1[C@H](C)Oc1ccc2[nH]nc(-c3cnc(N4CC5(CCSC5)C4)nc3)c2c1. The van der Waals surface area contributed by atoms with Gasteiger partial charge >= 0.3 is 0 Å². The maximum atomic E-state index is 6.30. The summed E-state index contributed by atoms with van der Waals surface area (Å²) >= 11 is 2.07. The van der Waals surface area contributed by atoms with E-state index < -0.39 is 0 Å². The van der Waals surface area contributed by atoms with Gasteiger partial charge in [-0.05, 0) is 56.7 Å². The molecule has 6 rings (SSSR count). The highest BCUT2D eigenvalue weighted by Gasteiger charge is 2.46. The summed E-state index contributed by atoms with van der Waals surface area (Å²) < 4.78 is 6.30. The van der Waals surface area contributed by atoms with Crippen LogP contribution in [-0.4, -0.2) is 55.0 Å². The van der Waals surface area contributed by atoms with Crippen molar-refractivity contribution in [3.8, 4) is 17.0 Å². The van der Waals surface area contributed by atoms with E-state index in [1.165, 1.54) is 17.9 Å². The van der Waals surface area contributed by atoms with Gasteiger partial charge in [-0.25, -0.2) is 9.97 Å². The lowest BCUT2D eigenvalue weighted by molar-refractivity contribution is 0.225.